The maximum absolute atomic E-state index is 11.9. The smallest absolute Gasteiger partial charge is 0.233 e. The highest BCUT2D eigenvalue weighted by molar-refractivity contribution is 9.10. The Bertz CT molecular complexity index is 389. The third-order valence-corrected chi connectivity index (χ3v) is 4.21. The Hall–Kier alpha value is -0.230. The lowest BCUT2D eigenvalue weighted by Gasteiger charge is -2.15. The molecule has 1 rings (SSSR count). The zero-order valence-corrected chi connectivity index (χ0v) is 14.5. The summed E-state index contributed by atoms with van der Waals surface area (Å²) in [5.74, 6) is 0.0741. The second-order valence-electron chi connectivity index (χ2n) is 4.15. The summed E-state index contributed by atoms with van der Waals surface area (Å²) in [5, 5.41) is 5.93. The molecule has 108 valence electrons. The molecule has 1 aromatic carbocycles. The van der Waals surface area contributed by atoms with E-state index in [4.69, 9.17) is 0 Å². The minimum Gasteiger partial charge on any atom is -0.354 e. The maximum Gasteiger partial charge on any atom is 0.233 e. The molecule has 3 nitrogen and oxygen atoms in total. The predicted octanol–water partition coefficient (Wildman–Crippen LogP) is 3.08. The summed E-state index contributed by atoms with van der Waals surface area (Å²) in [4.78, 5) is 13.0. The molecule has 1 aromatic rings. The number of nitrogens with one attached hydrogen (secondary N) is 2. The third kappa shape index (κ3) is 7.20. The summed E-state index contributed by atoms with van der Waals surface area (Å²) in [6, 6.07) is 8.27. The van der Waals surface area contributed by atoms with Crippen LogP contribution in [0.4, 0.5) is 0 Å². The van der Waals surface area contributed by atoms with Gasteiger partial charge in [0.05, 0.1) is 5.25 Å². The van der Waals surface area contributed by atoms with Gasteiger partial charge in [0.1, 0.15) is 0 Å². The number of carbonyl (C=O) groups is 1. The zero-order valence-electron chi connectivity index (χ0n) is 11.3. The van der Waals surface area contributed by atoms with Crippen molar-refractivity contribution >= 4 is 46.0 Å². The van der Waals surface area contributed by atoms with E-state index < -0.39 is 0 Å². The average molecular weight is 368 g/mol. The van der Waals surface area contributed by atoms with Gasteiger partial charge in [0.15, 0.2) is 0 Å². The van der Waals surface area contributed by atoms with Gasteiger partial charge in [-0.2, -0.15) is 0 Å². The number of amides is 1. The van der Waals surface area contributed by atoms with Crippen molar-refractivity contribution in [3.05, 3.63) is 28.7 Å². The second-order valence-corrected chi connectivity index (χ2v) is 6.48. The fourth-order valence-electron chi connectivity index (χ4n) is 1.27. The van der Waals surface area contributed by atoms with Crippen LogP contribution in [0.3, 0.4) is 0 Å². The monoisotopic (exact) mass is 366 g/mol. The van der Waals surface area contributed by atoms with Crippen LogP contribution in [0.15, 0.2) is 33.6 Å². The van der Waals surface area contributed by atoms with E-state index in [9.17, 15) is 4.79 Å². The highest BCUT2D eigenvalue weighted by Gasteiger charge is 2.14. The topological polar surface area (TPSA) is 41.1 Å². The average Bonchev–Trinajstić information content (AvgIpc) is 2.38. The highest BCUT2D eigenvalue weighted by atomic mass is 79.9. The summed E-state index contributed by atoms with van der Waals surface area (Å²) in [6.07, 6.45) is 0. The van der Waals surface area contributed by atoms with Gasteiger partial charge in [-0.15, -0.1) is 24.2 Å². The molecule has 19 heavy (non-hydrogen) atoms. The molecular formula is C13H20BrClN2OS. The van der Waals surface area contributed by atoms with Gasteiger partial charge in [-0.3, -0.25) is 4.79 Å². The zero-order chi connectivity index (χ0) is 13.5. The fourth-order valence-corrected chi connectivity index (χ4v) is 2.43. The number of thioether (sulfide) groups is 1. The minimum absolute atomic E-state index is 0. The summed E-state index contributed by atoms with van der Waals surface area (Å²) >= 11 is 4.96. The number of carbonyl (C=O) groups excluding carboxylic acids is 1. The molecule has 0 heterocycles. The molecule has 1 amide bonds. The Morgan fingerprint density at radius 3 is 2.42 bits per heavy atom. The van der Waals surface area contributed by atoms with E-state index in [2.05, 4.69) is 26.6 Å². The number of benzene rings is 1. The number of likely N-dealkylation sites (N-methyl/N-ethyl adjacent to an activating group) is 1. The molecular weight excluding hydrogens is 348 g/mol. The Morgan fingerprint density at radius 1 is 1.32 bits per heavy atom. The predicted molar refractivity (Wildman–Crippen MR) is 88.2 cm³/mol. The van der Waals surface area contributed by atoms with Crippen molar-refractivity contribution in [3.63, 3.8) is 0 Å². The first kappa shape index (κ1) is 18.8. The normalized spacial score (nSPS) is 13.3. The minimum atomic E-state index is -0.0877. The number of hydrogen-bond acceptors (Lipinski definition) is 3. The lowest BCUT2D eigenvalue weighted by atomic mass is 10.3. The Kier molecular flexibility index (Phi) is 9.52. The molecule has 2 unspecified atom stereocenters. The van der Waals surface area contributed by atoms with Gasteiger partial charge in [0.25, 0.3) is 0 Å². The van der Waals surface area contributed by atoms with Crippen LogP contribution in [0.5, 0.6) is 0 Å². The van der Waals surface area contributed by atoms with Crippen molar-refractivity contribution in [2.75, 3.05) is 13.6 Å². The molecule has 0 aliphatic heterocycles. The van der Waals surface area contributed by atoms with E-state index >= 15 is 0 Å². The van der Waals surface area contributed by atoms with E-state index in [1.807, 2.05) is 45.2 Å². The Balaban J connectivity index is 0.00000324. The second kappa shape index (κ2) is 9.64. The summed E-state index contributed by atoms with van der Waals surface area (Å²) in [5.41, 5.74) is 0. The van der Waals surface area contributed by atoms with E-state index in [-0.39, 0.29) is 23.6 Å². The van der Waals surface area contributed by atoms with Crippen LogP contribution in [-0.2, 0) is 4.79 Å². The molecule has 2 N–H and O–H groups in total. The summed E-state index contributed by atoms with van der Waals surface area (Å²) < 4.78 is 1.05. The molecule has 2 atom stereocenters. The van der Waals surface area contributed by atoms with Gasteiger partial charge in [-0.1, -0.05) is 15.9 Å². The van der Waals surface area contributed by atoms with Crippen LogP contribution >= 0.6 is 40.1 Å². The van der Waals surface area contributed by atoms with Crippen molar-refractivity contribution in [2.24, 2.45) is 0 Å². The largest absolute Gasteiger partial charge is 0.354 e. The highest BCUT2D eigenvalue weighted by Crippen LogP contribution is 2.24. The molecule has 6 heteroatoms. The van der Waals surface area contributed by atoms with Gasteiger partial charge in [0.2, 0.25) is 5.91 Å². The van der Waals surface area contributed by atoms with E-state index in [0.717, 1.165) is 9.37 Å². The third-order valence-electron chi connectivity index (χ3n) is 2.57. The van der Waals surface area contributed by atoms with Gasteiger partial charge in [-0.25, -0.2) is 0 Å². The van der Waals surface area contributed by atoms with Crippen molar-refractivity contribution in [2.45, 2.75) is 30.0 Å². The van der Waals surface area contributed by atoms with Crippen molar-refractivity contribution in [3.8, 4) is 0 Å². The maximum atomic E-state index is 11.9. The van der Waals surface area contributed by atoms with Crippen LogP contribution in [0.25, 0.3) is 0 Å². The molecule has 0 saturated carbocycles. The summed E-state index contributed by atoms with van der Waals surface area (Å²) in [7, 11) is 1.89. The number of halogens is 2. The molecule has 0 bridgehead atoms. The van der Waals surface area contributed by atoms with Crippen LogP contribution in [-0.4, -0.2) is 30.8 Å². The lowest BCUT2D eigenvalue weighted by Crippen LogP contribution is -2.40. The van der Waals surface area contributed by atoms with Crippen LogP contribution in [0.1, 0.15) is 13.8 Å². The van der Waals surface area contributed by atoms with E-state index in [0.29, 0.717) is 12.6 Å². The number of hydrogen-bond donors (Lipinski definition) is 2. The van der Waals surface area contributed by atoms with Crippen molar-refractivity contribution < 1.29 is 4.79 Å². The molecule has 0 aliphatic carbocycles. The SMILES string of the molecule is CNC(C)CNC(=O)C(C)Sc1ccc(Br)cc1.Cl. The van der Waals surface area contributed by atoms with Gasteiger partial charge >= 0.3 is 0 Å². The number of rotatable bonds is 6. The molecule has 0 radical (unpaired) electrons. The first-order valence-corrected chi connectivity index (χ1v) is 7.57. The molecule has 0 saturated heterocycles. The lowest BCUT2D eigenvalue weighted by molar-refractivity contribution is -0.120. The fraction of sp³-hybridized carbons (Fsp3) is 0.462. The van der Waals surface area contributed by atoms with Crippen LogP contribution in [0.2, 0.25) is 0 Å². The summed E-state index contributed by atoms with van der Waals surface area (Å²) in [6.45, 7) is 4.61. The first-order valence-electron chi connectivity index (χ1n) is 5.90. The van der Waals surface area contributed by atoms with Crippen LogP contribution < -0.4 is 10.6 Å². The quantitative estimate of drug-likeness (QED) is 0.759. The van der Waals surface area contributed by atoms with E-state index in [1.54, 1.807) is 11.8 Å². The Labute approximate surface area is 133 Å². The Morgan fingerprint density at radius 2 is 1.89 bits per heavy atom. The molecule has 0 spiro atoms. The molecule has 0 fully saturated rings. The van der Waals surface area contributed by atoms with Crippen molar-refractivity contribution in [1.29, 1.82) is 0 Å². The van der Waals surface area contributed by atoms with Crippen molar-refractivity contribution in [1.82, 2.24) is 10.6 Å². The van der Waals surface area contributed by atoms with Gasteiger partial charge in [0, 0.05) is 22.0 Å². The standard InChI is InChI=1S/C13H19BrN2OS.ClH/c1-9(15-3)8-16-13(17)10(2)18-12-6-4-11(14)5-7-12;/h4-7,9-10,15H,8H2,1-3H3,(H,16,17);1H. The van der Waals surface area contributed by atoms with Gasteiger partial charge < -0.3 is 10.6 Å². The first-order chi connectivity index (χ1) is 8.52. The molecule has 0 aromatic heterocycles. The van der Waals surface area contributed by atoms with Crippen LogP contribution in [0, 0.1) is 0 Å². The van der Waals surface area contributed by atoms with E-state index in [1.165, 1.54) is 0 Å². The molecule has 0 aliphatic rings. The van der Waals surface area contributed by atoms with Gasteiger partial charge in [-0.05, 0) is 45.2 Å².